The van der Waals surface area contributed by atoms with Crippen LogP contribution in [-0.4, -0.2) is 46.5 Å². The van der Waals surface area contributed by atoms with E-state index in [-0.39, 0.29) is 17.5 Å². The molecule has 158 valence electrons. The van der Waals surface area contributed by atoms with Crippen LogP contribution in [0.15, 0.2) is 47.4 Å². The number of thioether (sulfide) groups is 1. The third kappa shape index (κ3) is 5.31. The molecule has 7 nitrogen and oxygen atoms in total. The molecule has 1 unspecified atom stereocenters. The molecule has 1 aliphatic rings. The molecule has 1 heterocycles. The lowest BCUT2D eigenvalue weighted by Crippen LogP contribution is -2.46. The van der Waals surface area contributed by atoms with E-state index < -0.39 is 11.0 Å². The maximum absolute atomic E-state index is 12.9. The minimum atomic E-state index is -0.520. The van der Waals surface area contributed by atoms with Gasteiger partial charge in [-0.15, -0.1) is 11.8 Å². The van der Waals surface area contributed by atoms with E-state index in [1.165, 1.54) is 18.2 Å². The van der Waals surface area contributed by atoms with Gasteiger partial charge >= 0.3 is 0 Å². The lowest BCUT2D eigenvalue weighted by molar-refractivity contribution is -0.385. The molecule has 1 atom stereocenters. The van der Waals surface area contributed by atoms with Crippen LogP contribution in [0.4, 0.5) is 5.69 Å². The second kappa shape index (κ2) is 9.95. The van der Waals surface area contributed by atoms with Crippen LogP contribution in [-0.2, 0) is 4.79 Å². The Hall–Kier alpha value is -2.58. The number of nitrogens with zero attached hydrogens (tertiary/aromatic N) is 2. The van der Waals surface area contributed by atoms with Crippen molar-refractivity contribution in [3.05, 3.63) is 68.7 Å². The van der Waals surface area contributed by atoms with E-state index in [0.717, 1.165) is 11.3 Å². The average molecular weight is 448 g/mol. The van der Waals surface area contributed by atoms with Crippen molar-refractivity contribution >= 4 is 40.9 Å². The van der Waals surface area contributed by atoms with Gasteiger partial charge in [0.15, 0.2) is 0 Å². The second-order valence-electron chi connectivity index (χ2n) is 7.01. The zero-order valence-corrected chi connectivity index (χ0v) is 18.0. The molecule has 30 heavy (non-hydrogen) atoms. The smallest absolute Gasteiger partial charge is 0.272 e. The summed E-state index contributed by atoms with van der Waals surface area (Å²) in [5.74, 6) is 0.257. The first-order chi connectivity index (χ1) is 14.4. The predicted molar refractivity (Wildman–Crippen MR) is 117 cm³/mol. The van der Waals surface area contributed by atoms with Crippen molar-refractivity contribution in [3.63, 3.8) is 0 Å². The fourth-order valence-corrected chi connectivity index (χ4v) is 4.33. The molecule has 2 amide bonds. The van der Waals surface area contributed by atoms with Crippen LogP contribution in [0, 0.1) is 17.0 Å². The van der Waals surface area contributed by atoms with E-state index in [1.54, 1.807) is 23.6 Å². The SMILES string of the molecule is Cc1cc(C(=O)N2CCCC2C(=O)NCCSc2ccc(Cl)cc2)ccc1[N+](=O)[O-]. The van der Waals surface area contributed by atoms with E-state index in [9.17, 15) is 19.7 Å². The maximum Gasteiger partial charge on any atom is 0.272 e. The van der Waals surface area contributed by atoms with Crippen LogP contribution in [0.25, 0.3) is 0 Å². The van der Waals surface area contributed by atoms with Crippen LogP contribution < -0.4 is 5.32 Å². The zero-order valence-electron chi connectivity index (χ0n) is 16.5. The number of carbonyl (C=O) groups is 2. The lowest BCUT2D eigenvalue weighted by atomic mass is 10.1. The standard InChI is InChI=1S/C21H22ClN3O4S/c1-14-13-15(4-9-18(14)25(28)29)21(27)24-11-2-3-19(24)20(26)23-10-12-30-17-7-5-16(22)6-8-17/h4-9,13,19H,2-3,10-12H2,1H3,(H,23,26). The number of nitro groups is 1. The summed E-state index contributed by atoms with van der Waals surface area (Å²) in [5.41, 5.74) is 0.752. The third-order valence-electron chi connectivity index (χ3n) is 4.94. The van der Waals surface area contributed by atoms with Crippen molar-refractivity contribution in [2.45, 2.75) is 30.7 Å². The van der Waals surface area contributed by atoms with E-state index >= 15 is 0 Å². The maximum atomic E-state index is 12.9. The van der Waals surface area contributed by atoms with Gasteiger partial charge in [-0.3, -0.25) is 19.7 Å². The Morgan fingerprint density at radius 1 is 1.27 bits per heavy atom. The van der Waals surface area contributed by atoms with Gasteiger partial charge in [0.05, 0.1) is 4.92 Å². The minimum absolute atomic E-state index is 0.0274. The number of nitro benzene ring substituents is 1. The van der Waals surface area contributed by atoms with E-state index in [4.69, 9.17) is 11.6 Å². The van der Waals surface area contributed by atoms with E-state index in [2.05, 4.69) is 5.32 Å². The summed E-state index contributed by atoms with van der Waals surface area (Å²) >= 11 is 7.49. The number of nitrogens with one attached hydrogen (secondary N) is 1. The quantitative estimate of drug-likeness (QED) is 0.299. The highest BCUT2D eigenvalue weighted by atomic mass is 35.5. The number of hydrogen-bond donors (Lipinski definition) is 1. The molecule has 2 aromatic carbocycles. The van der Waals surface area contributed by atoms with Crippen LogP contribution in [0.3, 0.4) is 0 Å². The molecule has 1 fully saturated rings. The van der Waals surface area contributed by atoms with Gasteiger partial charge in [0.2, 0.25) is 5.91 Å². The predicted octanol–water partition coefficient (Wildman–Crippen LogP) is 4.07. The summed E-state index contributed by atoms with van der Waals surface area (Å²) < 4.78 is 0. The summed E-state index contributed by atoms with van der Waals surface area (Å²) in [7, 11) is 0. The highest BCUT2D eigenvalue weighted by Crippen LogP contribution is 2.24. The Morgan fingerprint density at radius 2 is 2.00 bits per heavy atom. The van der Waals surface area contributed by atoms with Gasteiger partial charge in [-0.1, -0.05) is 11.6 Å². The van der Waals surface area contributed by atoms with Gasteiger partial charge in [0.25, 0.3) is 11.6 Å². The van der Waals surface area contributed by atoms with Crippen molar-refractivity contribution in [3.8, 4) is 0 Å². The molecule has 3 rings (SSSR count). The molecule has 0 aliphatic carbocycles. The number of amides is 2. The molecule has 0 saturated carbocycles. The van der Waals surface area contributed by atoms with Crippen molar-refractivity contribution in [2.75, 3.05) is 18.8 Å². The van der Waals surface area contributed by atoms with Crippen molar-refractivity contribution in [1.82, 2.24) is 10.2 Å². The minimum Gasteiger partial charge on any atom is -0.353 e. The third-order valence-corrected chi connectivity index (χ3v) is 6.21. The van der Waals surface area contributed by atoms with Crippen molar-refractivity contribution < 1.29 is 14.5 Å². The average Bonchev–Trinajstić information content (AvgIpc) is 3.21. The molecule has 1 saturated heterocycles. The summed E-state index contributed by atoms with van der Waals surface area (Å²) in [5, 5.41) is 14.6. The molecule has 0 aromatic heterocycles. The fourth-order valence-electron chi connectivity index (χ4n) is 3.43. The number of aryl methyl sites for hydroxylation is 1. The summed E-state index contributed by atoms with van der Waals surface area (Å²) in [6.45, 7) is 2.58. The van der Waals surface area contributed by atoms with Gasteiger partial charge in [-0.25, -0.2) is 0 Å². The van der Waals surface area contributed by atoms with Crippen LogP contribution in [0.5, 0.6) is 0 Å². The van der Waals surface area contributed by atoms with Gasteiger partial charge in [-0.2, -0.15) is 0 Å². The van der Waals surface area contributed by atoms with Crippen molar-refractivity contribution in [2.24, 2.45) is 0 Å². The summed E-state index contributed by atoms with van der Waals surface area (Å²) in [6, 6.07) is 11.3. The highest BCUT2D eigenvalue weighted by molar-refractivity contribution is 7.99. The van der Waals surface area contributed by atoms with E-state index in [1.807, 2.05) is 24.3 Å². The molecule has 0 spiro atoms. The molecule has 2 aromatic rings. The second-order valence-corrected chi connectivity index (χ2v) is 8.61. The van der Waals surface area contributed by atoms with Gasteiger partial charge in [0, 0.05) is 46.0 Å². The number of carbonyl (C=O) groups excluding carboxylic acids is 2. The molecular weight excluding hydrogens is 426 g/mol. The Balaban J connectivity index is 1.55. The monoisotopic (exact) mass is 447 g/mol. The van der Waals surface area contributed by atoms with Gasteiger partial charge in [-0.05, 0) is 56.2 Å². The fraction of sp³-hybridized carbons (Fsp3) is 0.333. The summed E-state index contributed by atoms with van der Waals surface area (Å²) in [6.07, 6.45) is 1.35. The molecule has 1 N–H and O–H groups in total. The zero-order chi connectivity index (χ0) is 21.7. The normalized spacial score (nSPS) is 15.8. The Bertz CT molecular complexity index is 952. The Morgan fingerprint density at radius 3 is 2.67 bits per heavy atom. The number of hydrogen-bond acceptors (Lipinski definition) is 5. The molecule has 1 aliphatic heterocycles. The largest absolute Gasteiger partial charge is 0.353 e. The number of benzene rings is 2. The van der Waals surface area contributed by atoms with Crippen LogP contribution >= 0.6 is 23.4 Å². The van der Waals surface area contributed by atoms with Crippen molar-refractivity contribution in [1.29, 1.82) is 0 Å². The molecule has 0 bridgehead atoms. The first-order valence-electron chi connectivity index (χ1n) is 9.59. The Kier molecular flexibility index (Phi) is 7.33. The highest BCUT2D eigenvalue weighted by Gasteiger charge is 2.34. The molecule has 0 radical (unpaired) electrons. The number of likely N-dealkylation sites (tertiary alicyclic amines) is 1. The first-order valence-corrected chi connectivity index (χ1v) is 11.0. The molecular formula is C21H22ClN3O4S. The van der Waals surface area contributed by atoms with Gasteiger partial charge < -0.3 is 10.2 Å². The Labute approximate surface area is 183 Å². The van der Waals surface area contributed by atoms with Gasteiger partial charge in [0.1, 0.15) is 6.04 Å². The van der Waals surface area contributed by atoms with Crippen LogP contribution in [0.1, 0.15) is 28.8 Å². The molecule has 9 heteroatoms. The lowest BCUT2D eigenvalue weighted by Gasteiger charge is -2.24. The summed E-state index contributed by atoms with van der Waals surface area (Å²) in [4.78, 5) is 38.7. The number of halogens is 1. The van der Waals surface area contributed by atoms with Crippen LogP contribution in [0.2, 0.25) is 5.02 Å². The first kappa shape index (κ1) is 22.1. The van der Waals surface area contributed by atoms with E-state index in [0.29, 0.717) is 41.4 Å². The topological polar surface area (TPSA) is 92.6 Å². The number of rotatable bonds is 7.